The molecule has 0 bridgehead atoms. The molecular weight excluding hydrogens is 290 g/mol. The van der Waals surface area contributed by atoms with Crippen molar-refractivity contribution in [1.29, 1.82) is 0 Å². The molecule has 2 nitrogen and oxygen atoms in total. The molecule has 1 unspecified atom stereocenters. The standard InChI is InChI=1S/C15H22BrNO/c1-4-13(17)9-12-5-6-15(14(16)10-12)18-8-7-11(2)3/h5-6,10,13H,2,4,7-9,17H2,1,3H3. The summed E-state index contributed by atoms with van der Waals surface area (Å²) in [4.78, 5) is 0. The monoisotopic (exact) mass is 311 g/mol. The molecule has 0 aliphatic carbocycles. The van der Waals surface area contributed by atoms with Gasteiger partial charge in [-0.15, -0.1) is 6.58 Å². The van der Waals surface area contributed by atoms with Crippen LogP contribution in [0.15, 0.2) is 34.8 Å². The first-order chi connectivity index (χ1) is 8.52. The number of nitrogens with two attached hydrogens (primary N) is 1. The summed E-state index contributed by atoms with van der Waals surface area (Å²) in [7, 11) is 0. The van der Waals surface area contributed by atoms with Crippen LogP contribution in [-0.4, -0.2) is 12.6 Å². The first kappa shape index (κ1) is 15.3. The van der Waals surface area contributed by atoms with Gasteiger partial charge in [0.2, 0.25) is 0 Å². The molecule has 0 aliphatic rings. The molecule has 0 radical (unpaired) electrons. The molecule has 0 amide bonds. The van der Waals surface area contributed by atoms with Crippen LogP contribution in [0.3, 0.4) is 0 Å². The molecule has 0 aromatic heterocycles. The SMILES string of the molecule is C=C(C)CCOc1ccc(CC(N)CC)cc1Br. The second kappa shape index (κ2) is 7.59. The third kappa shape index (κ3) is 5.23. The maximum Gasteiger partial charge on any atom is 0.133 e. The Morgan fingerprint density at radius 1 is 1.50 bits per heavy atom. The Morgan fingerprint density at radius 3 is 2.78 bits per heavy atom. The second-order valence-electron chi connectivity index (χ2n) is 4.69. The summed E-state index contributed by atoms with van der Waals surface area (Å²) >= 11 is 3.54. The molecule has 0 heterocycles. The Balaban J connectivity index is 2.59. The average Bonchev–Trinajstić information content (AvgIpc) is 2.31. The number of ether oxygens (including phenoxy) is 1. The van der Waals surface area contributed by atoms with E-state index in [0.717, 1.165) is 35.1 Å². The number of benzene rings is 1. The van der Waals surface area contributed by atoms with Crippen LogP contribution in [0.4, 0.5) is 0 Å². The molecule has 100 valence electrons. The van der Waals surface area contributed by atoms with E-state index in [1.165, 1.54) is 5.56 Å². The molecule has 1 atom stereocenters. The van der Waals surface area contributed by atoms with Gasteiger partial charge in [0.1, 0.15) is 5.75 Å². The number of halogens is 1. The van der Waals surface area contributed by atoms with Gasteiger partial charge in [0, 0.05) is 12.5 Å². The topological polar surface area (TPSA) is 35.2 Å². The van der Waals surface area contributed by atoms with Crippen LogP contribution in [-0.2, 0) is 6.42 Å². The molecule has 0 spiro atoms. The second-order valence-corrected chi connectivity index (χ2v) is 5.55. The van der Waals surface area contributed by atoms with Crippen molar-refractivity contribution in [3.05, 3.63) is 40.4 Å². The van der Waals surface area contributed by atoms with Gasteiger partial charge in [-0.3, -0.25) is 0 Å². The predicted octanol–water partition coefficient (Wildman–Crippen LogP) is 4.07. The fraction of sp³-hybridized carbons (Fsp3) is 0.467. The zero-order valence-electron chi connectivity index (χ0n) is 11.2. The van der Waals surface area contributed by atoms with Crippen molar-refractivity contribution < 1.29 is 4.74 Å². The normalized spacial score (nSPS) is 12.2. The molecule has 0 saturated heterocycles. The summed E-state index contributed by atoms with van der Waals surface area (Å²) in [6.45, 7) is 8.64. The summed E-state index contributed by atoms with van der Waals surface area (Å²) in [6, 6.07) is 6.40. The molecule has 1 rings (SSSR count). The maximum atomic E-state index is 5.95. The van der Waals surface area contributed by atoms with Crippen LogP contribution in [0, 0.1) is 0 Å². The lowest BCUT2D eigenvalue weighted by Crippen LogP contribution is -2.21. The van der Waals surface area contributed by atoms with Crippen molar-refractivity contribution in [2.45, 2.75) is 39.2 Å². The van der Waals surface area contributed by atoms with Crippen molar-refractivity contribution in [2.75, 3.05) is 6.61 Å². The summed E-state index contributed by atoms with van der Waals surface area (Å²) in [5.74, 6) is 0.880. The first-order valence-corrected chi connectivity index (χ1v) is 7.13. The van der Waals surface area contributed by atoms with E-state index in [-0.39, 0.29) is 6.04 Å². The highest BCUT2D eigenvalue weighted by atomic mass is 79.9. The average molecular weight is 312 g/mol. The van der Waals surface area contributed by atoms with Crippen LogP contribution in [0.2, 0.25) is 0 Å². The third-order valence-electron chi connectivity index (χ3n) is 2.80. The van der Waals surface area contributed by atoms with Gasteiger partial charge in [0.15, 0.2) is 0 Å². The van der Waals surface area contributed by atoms with Crippen LogP contribution < -0.4 is 10.5 Å². The van der Waals surface area contributed by atoms with Gasteiger partial charge in [0.05, 0.1) is 11.1 Å². The smallest absolute Gasteiger partial charge is 0.133 e. The fourth-order valence-corrected chi connectivity index (χ4v) is 2.11. The Bertz CT molecular complexity index is 403. The summed E-state index contributed by atoms with van der Waals surface area (Å²) in [6.07, 6.45) is 2.78. The molecule has 0 aliphatic heterocycles. The summed E-state index contributed by atoms with van der Waals surface area (Å²) in [5, 5.41) is 0. The van der Waals surface area contributed by atoms with Crippen molar-refractivity contribution in [2.24, 2.45) is 5.73 Å². The highest BCUT2D eigenvalue weighted by Crippen LogP contribution is 2.26. The van der Waals surface area contributed by atoms with E-state index in [9.17, 15) is 0 Å². The lowest BCUT2D eigenvalue weighted by molar-refractivity contribution is 0.319. The van der Waals surface area contributed by atoms with E-state index in [2.05, 4.69) is 41.6 Å². The largest absolute Gasteiger partial charge is 0.492 e. The molecule has 2 N–H and O–H groups in total. The van der Waals surface area contributed by atoms with Crippen LogP contribution in [0.1, 0.15) is 32.3 Å². The van der Waals surface area contributed by atoms with E-state index >= 15 is 0 Å². The Hall–Kier alpha value is -0.800. The minimum atomic E-state index is 0.229. The van der Waals surface area contributed by atoms with E-state index in [4.69, 9.17) is 10.5 Å². The van der Waals surface area contributed by atoms with Crippen molar-refractivity contribution >= 4 is 15.9 Å². The molecule has 3 heteroatoms. The van der Waals surface area contributed by atoms with Crippen molar-refractivity contribution in [1.82, 2.24) is 0 Å². The first-order valence-electron chi connectivity index (χ1n) is 6.34. The van der Waals surface area contributed by atoms with Gasteiger partial charge >= 0.3 is 0 Å². The van der Waals surface area contributed by atoms with Gasteiger partial charge in [-0.2, -0.15) is 0 Å². The zero-order valence-corrected chi connectivity index (χ0v) is 12.8. The third-order valence-corrected chi connectivity index (χ3v) is 3.42. The van der Waals surface area contributed by atoms with Crippen LogP contribution in [0.5, 0.6) is 5.75 Å². The lowest BCUT2D eigenvalue weighted by atomic mass is 10.0. The van der Waals surface area contributed by atoms with E-state index in [0.29, 0.717) is 6.61 Å². The maximum absolute atomic E-state index is 5.95. The number of hydrogen-bond donors (Lipinski definition) is 1. The Labute approximate surface area is 118 Å². The lowest BCUT2D eigenvalue weighted by Gasteiger charge is -2.12. The van der Waals surface area contributed by atoms with Gasteiger partial charge in [0.25, 0.3) is 0 Å². The predicted molar refractivity (Wildman–Crippen MR) is 81.0 cm³/mol. The fourth-order valence-electron chi connectivity index (χ4n) is 1.57. The highest BCUT2D eigenvalue weighted by Gasteiger charge is 2.06. The van der Waals surface area contributed by atoms with Gasteiger partial charge < -0.3 is 10.5 Å². The molecule has 1 aromatic rings. The summed E-state index contributed by atoms with van der Waals surface area (Å²) in [5.41, 5.74) is 8.33. The molecule has 0 fully saturated rings. The summed E-state index contributed by atoms with van der Waals surface area (Å²) < 4.78 is 6.69. The van der Waals surface area contributed by atoms with E-state index in [1.54, 1.807) is 0 Å². The van der Waals surface area contributed by atoms with Crippen LogP contribution >= 0.6 is 15.9 Å². The quantitative estimate of drug-likeness (QED) is 0.770. The van der Waals surface area contributed by atoms with Crippen LogP contribution in [0.25, 0.3) is 0 Å². The minimum absolute atomic E-state index is 0.229. The van der Waals surface area contributed by atoms with Crippen molar-refractivity contribution in [3.8, 4) is 5.75 Å². The number of rotatable bonds is 7. The molecule has 0 saturated carbocycles. The zero-order chi connectivity index (χ0) is 13.5. The van der Waals surface area contributed by atoms with Gasteiger partial charge in [-0.05, 0) is 53.4 Å². The number of hydrogen-bond acceptors (Lipinski definition) is 2. The Kier molecular flexibility index (Phi) is 6.44. The molecule has 18 heavy (non-hydrogen) atoms. The molecular formula is C15H22BrNO. The highest BCUT2D eigenvalue weighted by molar-refractivity contribution is 9.10. The van der Waals surface area contributed by atoms with Gasteiger partial charge in [-0.25, -0.2) is 0 Å². The Morgan fingerprint density at radius 2 is 2.22 bits per heavy atom. The van der Waals surface area contributed by atoms with E-state index in [1.807, 2.05) is 13.0 Å². The van der Waals surface area contributed by atoms with E-state index < -0.39 is 0 Å². The van der Waals surface area contributed by atoms with Crippen molar-refractivity contribution in [3.63, 3.8) is 0 Å². The minimum Gasteiger partial charge on any atom is -0.492 e. The molecule has 1 aromatic carbocycles. The van der Waals surface area contributed by atoms with Gasteiger partial charge in [-0.1, -0.05) is 18.6 Å².